The van der Waals surface area contributed by atoms with Gasteiger partial charge in [0, 0.05) is 32.2 Å². The van der Waals surface area contributed by atoms with Crippen LogP contribution in [0.1, 0.15) is 30.0 Å². The number of hydrogen-bond donors (Lipinski definition) is 1. The summed E-state index contributed by atoms with van der Waals surface area (Å²) in [4.78, 5) is 2.57. The van der Waals surface area contributed by atoms with Crippen LogP contribution in [0, 0.1) is 0 Å². The van der Waals surface area contributed by atoms with E-state index < -0.39 is 0 Å². The number of piperazine rings is 1. The van der Waals surface area contributed by atoms with Gasteiger partial charge in [-0.05, 0) is 42.9 Å². The molecule has 0 spiro atoms. The Kier molecular flexibility index (Phi) is 3.17. The van der Waals surface area contributed by atoms with Gasteiger partial charge in [-0.3, -0.25) is 4.90 Å². The van der Waals surface area contributed by atoms with Gasteiger partial charge in [-0.25, -0.2) is 0 Å². The van der Waals surface area contributed by atoms with Crippen LogP contribution in [0.25, 0.3) is 0 Å². The summed E-state index contributed by atoms with van der Waals surface area (Å²) >= 11 is 0. The molecule has 0 saturated carbocycles. The van der Waals surface area contributed by atoms with Crippen molar-refractivity contribution in [3.8, 4) is 0 Å². The van der Waals surface area contributed by atoms with E-state index in [1.807, 2.05) is 0 Å². The first-order chi connectivity index (χ1) is 8.31. The maximum Gasteiger partial charge on any atom is 0.0235 e. The standard InChI is InChI=1S/C15H22N2/c1-12-10-17(8-7-16-12)11-13-5-6-14-3-2-4-15(14)9-13/h5-6,9,12,16H,2-4,7-8,10-11H2,1H3/t12-/m1/s1. The molecule has 2 nitrogen and oxygen atoms in total. The summed E-state index contributed by atoms with van der Waals surface area (Å²) in [6, 6.07) is 7.76. The molecule has 3 rings (SSSR count). The summed E-state index contributed by atoms with van der Waals surface area (Å²) in [6.45, 7) is 6.89. The number of rotatable bonds is 2. The van der Waals surface area contributed by atoms with Crippen LogP contribution >= 0.6 is 0 Å². The Hall–Kier alpha value is -0.860. The van der Waals surface area contributed by atoms with Crippen LogP contribution in [0.15, 0.2) is 18.2 Å². The van der Waals surface area contributed by atoms with E-state index in [0.29, 0.717) is 6.04 Å². The van der Waals surface area contributed by atoms with E-state index in [2.05, 4.69) is 35.3 Å². The van der Waals surface area contributed by atoms with Crippen molar-refractivity contribution >= 4 is 0 Å². The number of fused-ring (bicyclic) bond motifs is 1. The summed E-state index contributed by atoms with van der Waals surface area (Å²) in [7, 11) is 0. The molecule has 0 aromatic heterocycles. The van der Waals surface area contributed by atoms with Gasteiger partial charge in [0.25, 0.3) is 0 Å². The second-order valence-corrected chi connectivity index (χ2v) is 5.55. The average Bonchev–Trinajstić information content (AvgIpc) is 2.76. The third kappa shape index (κ3) is 2.53. The Morgan fingerprint density at radius 2 is 2.18 bits per heavy atom. The molecule has 2 aliphatic rings. The van der Waals surface area contributed by atoms with Crippen molar-refractivity contribution in [2.24, 2.45) is 0 Å². The maximum absolute atomic E-state index is 3.50. The zero-order chi connectivity index (χ0) is 11.7. The van der Waals surface area contributed by atoms with Crippen molar-refractivity contribution in [1.82, 2.24) is 10.2 Å². The van der Waals surface area contributed by atoms with Crippen molar-refractivity contribution in [3.63, 3.8) is 0 Å². The number of nitrogens with one attached hydrogen (secondary N) is 1. The molecule has 1 aliphatic heterocycles. The SMILES string of the molecule is C[C@@H]1CN(Cc2ccc3c(c2)CCC3)CCN1. The molecule has 0 amide bonds. The van der Waals surface area contributed by atoms with Gasteiger partial charge >= 0.3 is 0 Å². The zero-order valence-corrected chi connectivity index (χ0v) is 10.7. The van der Waals surface area contributed by atoms with Gasteiger partial charge in [-0.15, -0.1) is 0 Å². The van der Waals surface area contributed by atoms with Crippen LogP contribution in [0.3, 0.4) is 0 Å². The van der Waals surface area contributed by atoms with E-state index in [9.17, 15) is 0 Å². The average molecular weight is 230 g/mol. The normalized spacial score (nSPS) is 24.9. The molecular weight excluding hydrogens is 208 g/mol. The lowest BCUT2D eigenvalue weighted by Gasteiger charge is -2.31. The third-order valence-corrected chi connectivity index (χ3v) is 4.02. The molecule has 92 valence electrons. The van der Waals surface area contributed by atoms with Gasteiger partial charge < -0.3 is 5.32 Å². The highest BCUT2D eigenvalue weighted by atomic mass is 15.2. The summed E-state index contributed by atoms with van der Waals surface area (Å²) in [6.07, 6.45) is 3.94. The predicted octanol–water partition coefficient (Wildman–Crippen LogP) is 1.97. The molecule has 1 saturated heterocycles. The highest BCUT2D eigenvalue weighted by Gasteiger charge is 2.16. The summed E-state index contributed by atoms with van der Waals surface area (Å²) in [5, 5.41) is 3.50. The van der Waals surface area contributed by atoms with E-state index >= 15 is 0 Å². The Balaban J connectivity index is 1.68. The Bertz CT molecular complexity index is 400. The highest BCUT2D eigenvalue weighted by molar-refractivity contribution is 5.35. The first kappa shape index (κ1) is 11.2. The van der Waals surface area contributed by atoms with Crippen molar-refractivity contribution in [3.05, 3.63) is 34.9 Å². The zero-order valence-electron chi connectivity index (χ0n) is 10.7. The van der Waals surface area contributed by atoms with Crippen LogP contribution in [-0.4, -0.2) is 30.6 Å². The van der Waals surface area contributed by atoms with Gasteiger partial charge in [-0.1, -0.05) is 18.2 Å². The third-order valence-electron chi connectivity index (χ3n) is 4.02. The topological polar surface area (TPSA) is 15.3 Å². The second-order valence-electron chi connectivity index (χ2n) is 5.55. The molecule has 1 heterocycles. The highest BCUT2D eigenvalue weighted by Crippen LogP contribution is 2.23. The number of aryl methyl sites for hydroxylation is 2. The Morgan fingerprint density at radius 1 is 1.29 bits per heavy atom. The first-order valence-corrected chi connectivity index (χ1v) is 6.88. The van der Waals surface area contributed by atoms with Gasteiger partial charge in [0.1, 0.15) is 0 Å². The predicted molar refractivity (Wildman–Crippen MR) is 71.2 cm³/mol. The van der Waals surface area contributed by atoms with Crippen molar-refractivity contribution < 1.29 is 0 Å². The van der Waals surface area contributed by atoms with Crippen LogP contribution in [0.2, 0.25) is 0 Å². The fraction of sp³-hybridized carbons (Fsp3) is 0.600. The smallest absolute Gasteiger partial charge is 0.0235 e. The second kappa shape index (κ2) is 4.79. The van der Waals surface area contributed by atoms with Crippen LogP contribution in [-0.2, 0) is 19.4 Å². The lowest BCUT2D eigenvalue weighted by atomic mass is 10.1. The minimum absolute atomic E-state index is 0.637. The molecule has 1 atom stereocenters. The fourth-order valence-electron chi connectivity index (χ4n) is 3.14. The van der Waals surface area contributed by atoms with Crippen molar-refractivity contribution in [1.29, 1.82) is 0 Å². The summed E-state index contributed by atoms with van der Waals surface area (Å²) < 4.78 is 0. The molecule has 1 fully saturated rings. The molecule has 1 aromatic rings. The van der Waals surface area contributed by atoms with Crippen molar-refractivity contribution in [2.45, 2.75) is 38.8 Å². The van der Waals surface area contributed by atoms with Gasteiger partial charge in [0.2, 0.25) is 0 Å². The summed E-state index contributed by atoms with van der Waals surface area (Å²) in [5.41, 5.74) is 4.69. The first-order valence-electron chi connectivity index (χ1n) is 6.88. The molecule has 0 unspecified atom stereocenters. The van der Waals surface area contributed by atoms with E-state index in [1.165, 1.54) is 37.9 Å². The van der Waals surface area contributed by atoms with E-state index in [0.717, 1.165) is 13.1 Å². The Labute approximate surface area is 104 Å². The van der Waals surface area contributed by atoms with Crippen LogP contribution in [0.4, 0.5) is 0 Å². The molecule has 0 radical (unpaired) electrons. The van der Waals surface area contributed by atoms with Crippen molar-refractivity contribution in [2.75, 3.05) is 19.6 Å². The number of benzene rings is 1. The molecule has 0 bridgehead atoms. The molecule has 17 heavy (non-hydrogen) atoms. The van der Waals surface area contributed by atoms with Crippen LogP contribution < -0.4 is 5.32 Å². The molecule has 1 N–H and O–H groups in total. The quantitative estimate of drug-likeness (QED) is 0.835. The molecule has 2 heteroatoms. The van der Waals surface area contributed by atoms with Gasteiger partial charge in [-0.2, -0.15) is 0 Å². The van der Waals surface area contributed by atoms with E-state index in [1.54, 1.807) is 11.1 Å². The Morgan fingerprint density at radius 3 is 3.06 bits per heavy atom. The largest absolute Gasteiger partial charge is 0.312 e. The monoisotopic (exact) mass is 230 g/mol. The summed E-state index contributed by atoms with van der Waals surface area (Å²) in [5.74, 6) is 0. The fourth-order valence-corrected chi connectivity index (χ4v) is 3.14. The maximum atomic E-state index is 3.50. The molecule has 1 aromatic carbocycles. The molecular formula is C15H22N2. The minimum atomic E-state index is 0.637. The number of nitrogens with zero attached hydrogens (tertiary/aromatic N) is 1. The van der Waals surface area contributed by atoms with E-state index in [-0.39, 0.29) is 0 Å². The molecule has 1 aliphatic carbocycles. The van der Waals surface area contributed by atoms with Gasteiger partial charge in [0.05, 0.1) is 0 Å². The van der Waals surface area contributed by atoms with Crippen LogP contribution in [0.5, 0.6) is 0 Å². The van der Waals surface area contributed by atoms with E-state index in [4.69, 9.17) is 0 Å². The number of hydrogen-bond acceptors (Lipinski definition) is 2. The lowest BCUT2D eigenvalue weighted by Crippen LogP contribution is -2.48. The lowest BCUT2D eigenvalue weighted by molar-refractivity contribution is 0.199. The van der Waals surface area contributed by atoms with Gasteiger partial charge in [0.15, 0.2) is 0 Å². The minimum Gasteiger partial charge on any atom is -0.312 e.